The van der Waals surface area contributed by atoms with E-state index in [1.807, 2.05) is 0 Å². The van der Waals surface area contributed by atoms with Crippen molar-refractivity contribution in [2.75, 3.05) is 6.54 Å². The highest BCUT2D eigenvalue weighted by Crippen LogP contribution is 2.67. The number of hydrogen-bond donors (Lipinski definition) is 1. The molecule has 3 rings (SSSR count). The average molecular weight is 229 g/mol. The molecule has 1 heteroatoms. The van der Waals surface area contributed by atoms with E-state index in [1.165, 1.54) is 44.9 Å². The van der Waals surface area contributed by atoms with Crippen LogP contribution in [0.1, 0.15) is 50.5 Å². The molecular formula is C16H23N. The Labute approximate surface area is 104 Å². The monoisotopic (exact) mass is 229 g/mol. The number of rotatable bonds is 4. The van der Waals surface area contributed by atoms with E-state index in [9.17, 15) is 0 Å². The molecule has 0 heterocycles. The van der Waals surface area contributed by atoms with E-state index in [2.05, 4.69) is 30.3 Å². The number of benzene rings is 1. The van der Waals surface area contributed by atoms with Crippen LogP contribution in [0, 0.1) is 5.41 Å². The van der Waals surface area contributed by atoms with Gasteiger partial charge in [0.15, 0.2) is 0 Å². The topological polar surface area (TPSA) is 26.0 Å². The largest absolute Gasteiger partial charge is 0.330 e. The first-order valence-corrected chi connectivity index (χ1v) is 7.09. The lowest BCUT2D eigenvalue weighted by Gasteiger charge is -2.39. The second kappa shape index (κ2) is 4.13. The summed E-state index contributed by atoms with van der Waals surface area (Å²) in [4.78, 5) is 0. The minimum atomic E-state index is 0.466. The number of nitrogens with two attached hydrogens (primary N) is 1. The molecule has 1 aromatic rings. The van der Waals surface area contributed by atoms with Crippen LogP contribution in [0.15, 0.2) is 30.3 Å². The molecular weight excluding hydrogens is 206 g/mol. The number of hydrogen-bond acceptors (Lipinski definition) is 1. The zero-order valence-electron chi connectivity index (χ0n) is 10.6. The van der Waals surface area contributed by atoms with Gasteiger partial charge in [0.2, 0.25) is 0 Å². The van der Waals surface area contributed by atoms with Gasteiger partial charge in [0.1, 0.15) is 0 Å². The molecule has 1 aromatic carbocycles. The van der Waals surface area contributed by atoms with Crippen molar-refractivity contribution < 1.29 is 0 Å². The normalized spacial score (nSPS) is 24.8. The average Bonchev–Trinajstić information content (AvgIpc) is 2.99. The van der Waals surface area contributed by atoms with Gasteiger partial charge in [-0.25, -0.2) is 0 Å². The third kappa shape index (κ3) is 1.63. The van der Waals surface area contributed by atoms with Gasteiger partial charge in [0.25, 0.3) is 0 Å². The van der Waals surface area contributed by atoms with Crippen molar-refractivity contribution in [3.63, 3.8) is 0 Å². The van der Waals surface area contributed by atoms with Crippen LogP contribution in [-0.4, -0.2) is 6.54 Å². The Hall–Kier alpha value is -0.820. The van der Waals surface area contributed by atoms with E-state index < -0.39 is 0 Å². The maximum atomic E-state index is 5.86. The van der Waals surface area contributed by atoms with Crippen LogP contribution in [0.5, 0.6) is 0 Å². The lowest BCUT2D eigenvalue weighted by molar-refractivity contribution is 0.232. The first-order valence-electron chi connectivity index (χ1n) is 7.09. The van der Waals surface area contributed by atoms with Crippen molar-refractivity contribution in [2.24, 2.45) is 11.1 Å². The Balaban J connectivity index is 1.99. The lowest BCUT2D eigenvalue weighted by atomic mass is 9.65. The van der Waals surface area contributed by atoms with Crippen molar-refractivity contribution in [2.45, 2.75) is 50.4 Å². The van der Waals surface area contributed by atoms with Crippen LogP contribution >= 0.6 is 0 Å². The van der Waals surface area contributed by atoms with Crippen molar-refractivity contribution in [1.29, 1.82) is 0 Å². The second-order valence-electron chi connectivity index (χ2n) is 5.97. The summed E-state index contributed by atoms with van der Waals surface area (Å²) in [5, 5.41) is 0. The zero-order valence-corrected chi connectivity index (χ0v) is 10.6. The van der Waals surface area contributed by atoms with Gasteiger partial charge in [-0.15, -0.1) is 0 Å². The van der Waals surface area contributed by atoms with Gasteiger partial charge in [-0.3, -0.25) is 0 Å². The molecule has 0 aromatic heterocycles. The predicted molar refractivity (Wildman–Crippen MR) is 71.9 cm³/mol. The van der Waals surface area contributed by atoms with Gasteiger partial charge < -0.3 is 5.73 Å². The highest BCUT2D eigenvalue weighted by Gasteiger charge is 2.59. The lowest BCUT2D eigenvalue weighted by Crippen LogP contribution is -2.35. The van der Waals surface area contributed by atoms with Crippen LogP contribution in [0.4, 0.5) is 0 Å². The van der Waals surface area contributed by atoms with E-state index in [4.69, 9.17) is 5.73 Å². The van der Waals surface area contributed by atoms with E-state index in [-0.39, 0.29) is 0 Å². The minimum absolute atomic E-state index is 0.466. The van der Waals surface area contributed by atoms with Crippen LogP contribution in [0.25, 0.3) is 0 Å². The molecule has 0 spiro atoms. The summed E-state index contributed by atoms with van der Waals surface area (Å²) >= 11 is 0. The Morgan fingerprint density at radius 1 is 0.941 bits per heavy atom. The fraction of sp³-hybridized carbons (Fsp3) is 0.625. The summed E-state index contributed by atoms with van der Waals surface area (Å²) in [6.07, 6.45) is 9.61. The summed E-state index contributed by atoms with van der Waals surface area (Å²) in [5.74, 6) is 0. The summed E-state index contributed by atoms with van der Waals surface area (Å²) in [5.41, 5.74) is 8.47. The molecule has 1 nitrogen and oxygen atoms in total. The molecule has 2 aliphatic rings. The highest BCUT2D eigenvalue weighted by molar-refractivity contribution is 5.33. The quantitative estimate of drug-likeness (QED) is 0.838. The molecule has 0 amide bonds. The SMILES string of the molecule is NCCC1(C2(c3ccccc3)CCCC2)CC1. The molecule has 0 bridgehead atoms. The maximum absolute atomic E-state index is 5.86. The Morgan fingerprint density at radius 2 is 1.59 bits per heavy atom. The Morgan fingerprint density at radius 3 is 2.12 bits per heavy atom. The van der Waals surface area contributed by atoms with E-state index in [0.29, 0.717) is 10.8 Å². The Kier molecular flexibility index (Phi) is 2.74. The molecule has 0 radical (unpaired) electrons. The second-order valence-corrected chi connectivity index (χ2v) is 5.97. The molecule has 17 heavy (non-hydrogen) atoms. The Bertz CT molecular complexity index is 372. The van der Waals surface area contributed by atoms with Crippen molar-refractivity contribution >= 4 is 0 Å². The zero-order chi connectivity index (χ0) is 11.8. The molecule has 0 aliphatic heterocycles. The third-order valence-corrected chi connectivity index (χ3v) is 5.28. The highest BCUT2D eigenvalue weighted by atomic mass is 14.7. The summed E-state index contributed by atoms with van der Waals surface area (Å²) in [6.45, 7) is 0.856. The molecule has 0 unspecified atom stereocenters. The maximum Gasteiger partial charge on any atom is 0.000986 e. The van der Waals surface area contributed by atoms with Crippen LogP contribution < -0.4 is 5.73 Å². The van der Waals surface area contributed by atoms with Crippen LogP contribution in [0.2, 0.25) is 0 Å². The van der Waals surface area contributed by atoms with Gasteiger partial charge >= 0.3 is 0 Å². The van der Waals surface area contributed by atoms with Crippen LogP contribution in [-0.2, 0) is 5.41 Å². The van der Waals surface area contributed by atoms with Gasteiger partial charge in [-0.1, -0.05) is 43.2 Å². The fourth-order valence-electron chi connectivity index (χ4n) is 4.26. The van der Waals surface area contributed by atoms with Gasteiger partial charge in [0, 0.05) is 5.41 Å². The molecule has 2 fully saturated rings. The molecule has 2 N–H and O–H groups in total. The summed E-state index contributed by atoms with van der Waals surface area (Å²) < 4.78 is 0. The third-order valence-electron chi connectivity index (χ3n) is 5.28. The summed E-state index contributed by atoms with van der Waals surface area (Å²) in [6, 6.07) is 11.2. The fourth-order valence-corrected chi connectivity index (χ4v) is 4.26. The van der Waals surface area contributed by atoms with Gasteiger partial charge in [-0.05, 0) is 49.6 Å². The molecule has 92 valence electrons. The van der Waals surface area contributed by atoms with Crippen molar-refractivity contribution in [1.82, 2.24) is 0 Å². The first-order chi connectivity index (χ1) is 8.33. The molecule has 2 aliphatic carbocycles. The smallest absolute Gasteiger partial charge is 0.000986 e. The molecule has 0 saturated heterocycles. The van der Waals surface area contributed by atoms with Crippen molar-refractivity contribution in [3.05, 3.63) is 35.9 Å². The first kappa shape index (κ1) is 11.3. The van der Waals surface area contributed by atoms with E-state index in [1.54, 1.807) is 5.56 Å². The van der Waals surface area contributed by atoms with Gasteiger partial charge in [-0.2, -0.15) is 0 Å². The minimum Gasteiger partial charge on any atom is -0.330 e. The molecule has 2 saturated carbocycles. The molecule has 0 atom stereocenters. The summed E-state index contributed by atoms with van der Waals surface area (Å²) in [7, 11) is 0. The van der Waals surface area contributed by atoms with E-state index in [0.717, 1.165) is 6.54 Å². The predicted octanol–water partition coefficient (Wildman–Crippen LogP) is 3.63. The van der Waals surface area contributed by atoms with Crippen molar-refractivity contribution in [3.8, 4) is 0 Å². The van der Waals surface area contributed by atoms with Gasteiger partial charge in [0.05, 0.1) is 0 Å². The van der Waals surface area contributed by atoms with E-state index >= 15 is 0 Å². The van der Waals surface area contributed by atoms with Crippen LogP contribution in [0.3, 0.4) is 0 Å². The standard InChI is InChI=1S/C16H23N/c17-13-12-15(10-11-15)16(8-4-5-9-16)14-6-2-1-3-7-14/h1-3,6-7H,4-5,8-13,17H2.